The Bertz CT molecular complexity index is 618. The van der Waals surface area contributed by atoms with Crippen molar-refractivity contribution in [2.45, 2.75) is 26.7 Å². The lowest BCUT2D eigenvalue weighted by atomic mass is 9.92. The third kappa shape index (κ3) is 2.81. The first-order valence-electron chi connectivity index (χ1n) is 6.34. The summed E-state index contributed by atoms with van der Waals surface area (Å²) in [6, 6.07) is 13.3. The molecule has 0 atom stereocenters. The average molecular weight is 255 g/mol. The third-order valence-corrected chi connectivity index (χ3v) is 3.17. The Kier molecular flexibility index (Phi) is 3.65. The molecule has 0 amide bonds. The van der Waals surface area contributed by atoms with Gasteiger partial charge in [-0.3, -0.25) is 10.1 Å². The van der Waals surface area contributed by atoms with E-state index in [0.717, 1.165) is 16.7 Å². The Hall–Kier alpha value is -2.16. The van der Waals surface area contributed by atoms with Gasteiger partial charge in [-0.1, -0.05) is 44.2 Å². The molecule has 0 unspecified atom stereocenters. The molecule has 2 aromatic carbocycles. The topological polar surface area (TPSA) is 43.1 Å². The van der Waals surface area contributed by atoms with E-state index in [1.54, 1.807) is 12.1 Å². The number of hydrogen-bond acceptors (Lipinski definition) is 2. The molecule has 2 rings (SSSR count). The minimum atomic E-state index is -0.339. The van der Waals surface area contributed by atoms with Gasteiger partial charge in [0.05, 0.1) is 4.92 Å². The highest BCUT2D eigenvalue weighted by molar-refractivity contribution is 5.71. The first-order chi connectivity index (χ1) is 8.99. The van der Waals surface area contributed by atoms with Crippen molar-refractivity contribution in [1.82, 2.24) is 0 Å². The van der Waals surface area contributed by atoms with E-state index in [-0.39, 0.29) is 10.6 Å². The molecule has 0 aliphatic carbocycles. The second-order valence-corrected chi connectivity index (χ2v) is 5.06. The van der Waals surface area contributed by atoms with Crippen molar-refractivity contribution in [3.63, 3.8) is 0 Å². The summed E-state index contributed by atoms with van der Waals surface area (Å²) in [5, 5.41) is 11.0. The molecule has 3 nitrogen and oxygen atoms in total. The van der Waals surface area contributed by atoms with Gasteiger partial charge in [0.15, 0.2) is 0 Å². The van der Waals surface area contributed by atoms with Gasteiger partial charge in [0.1, 0.15) is 0 Å². The molecule has 0 N–H and O–H groups in total. The second-order valence-electron chi connectivity index (χ2n) is 5.06. The van der Waals surface area contributed by atoms with Crippen LogP contribution in [-0.2, 0) is 0 Å². The predicted octanol–water partition coefficient (Wildman–Crippen LogP) is 4.69. The van der Waals surface area contributed by atoms with Crippen molar-refractivity contribution in [3.05, 3.63) is 63.7 Å². The molecule has 3 heteroatoms. The standard InChI is InChI=1S/C16H17NO2/c1-11(2)15-6-4-5-7-16(15)13-8-12(3)9-14(10-13)17(18)19/h4-11H,1-3H3. The van der Waals surface area contributed by atoms with Crippen LogP contribution in [0.2, 0.25) is 0 Å². The summed E-state index contributed by atoms with van der Waals surface area (Å²) in [6.45, 7) is 6.14. The molecule has 0 saturated heterocycles. The summed E-state index contributed by atoms with van der Waals surface area (Å²) >= 11 is 0. The minimum Gasteiger partial charge on any atom is -0.258 e. The number of benzene rings is 2. The molecule has 0 aromatic heterocycles. The van der Waals surface area contributed by atoms with E-state index < -0.39 is 0 Å². The van der Waals surface area contributed by atoms with Crippen LogP contribution in [0.3, 0.4) is 0 Å². The lowest BCUT2D eigenvalue weighted by Gasteiger charge is -2.13. The molecular formula is C16H17NO2. The lowest BCUT2D eigenvalue weighted by molar-refractivity contribution is -0.384. The number of nitro benzene ring substituents is 1. The van der Waals surface area contributed by atoms with E-state index in [1.165, 1.54) is 5.56 Å². The van der Waals surface area contributed by atoms with Crippen molar-refractivity contribution in [1.29, 1.82) is 0 Å². The first-order valence-corrected chi connectivity index (χ1v) is 6.34. The monoisotopic (exact) mass is 255 g/mol. The van der Waals surface area contributed by atoms with E-state index >= 15 is 0 Å². The van der Waals surface area contributed by atoms with E-state index in [9.17, 15) is 10.1 Å². The summed E-state index contributed by atoms with van der Waals surface area (Å²) in [5.74, 6) is 0.385. The lowest BCUT2D eigenvalue weighted by Crippen LogP contribution is -1.94. The molecule has 0 heterocycles. The number of nitrogens with zero attached hydrogens (tertiary/aromatic N) is 1. The predicted molar refractivity (Wildman–Crippen MR) is 77.4 cm³/mol. The SMILES string of the molecule is Cc1cc(-c2ccccc2C(C)C)cc([N+](=O)[O-])c1. The average Bonchev–Trinajstić information content (AvgIpc) is 2.37. The fourth-order valence-corrected chi connectivity index (χ4v) is 2.29. The summed E-state index contributed by atoms with van der Waals surface area (Å²) in [5.41, 5.74) is 4.25. The van der Waals surface area contributed by atoms with Crippen LogP contribution in [0.1, 0.15) is 30.9 Å². The third-order valence-electron chi connectivity index (χ3n) is 3.17. The molecule has 0 saturated carbocycles. The van der Waals surface area contributed by atoms with Gasteiger partial charge in [-0.2, -0.15) is 0 Å². The van der Waals surface area contributed by atoms with Gasteiger partial charge in [-0.15, -0.1) is 0 Å². The molecule has 98 valence electrons. The maximum atomic E-state index is 11.0. The maximum absolute atomic E-state index is 11.0. The summed E-state index contributed by atoms with van der Waals surface area (Å²) in [4.78, 5) is 10.6. The fraction of sp³-hybridized carbons (Fsp3) is 0.250. The molecule has 0 aliphatic heterocycles. The molecule has 0 bridgehead atoms. The minimum absolute atomic E-state index is 0.147. The van der Waals surface area contributed by atoms with Gasteiger partial charge in [0, 0.05) is 12.1 Å². The van der Waals surface area contributed by atoms with Crippen molar-refractivity contribution in [3.8, 4) is 11.1 Å². The molecular weight excluding hydrogens is 238 g/mol. The maximum Gasteiger partial charge on any atom is 0.270 e. The highest BCUT2D eigenvalue weighted by atomic mass is 16.6. The van der Waals surface area contributed by atoms with Crippen molar-refractivity contribution >= 4 is 5.69 Å². The van der Waals surface area contributed by atoms with Crippen molar-refractivity contribution in [2.75, 3.05) is 0 Å². The Morgan fingerprint density at radius 1 is 1.11 bits per heavy atom. The second kappa shape index (κ2) is 5.22. The van der Waals surface area contributed by atoms with Crippen molar-refractivity contribution in [2.24, 2.45) is 0 Å². The van der Waals surface area contributed by atoms with Crippen LogP contribution in [0, 0.1) is 17.0 Å². The summed E-state index contributed by atoms with van der Waals surface area (Å²) < 4.78 is 0. The summed E-state index contributed by atoms with van der Waals surface area (Å²) in [6.07, 6.45) is 0. The smallest absolute Gasteiger partial charge is 0.258 e. The van der Waals surface area contributed by atoms with Crippen LogP contribution in [0.5, 0.6) is 0 Å². The number of hydrogen-bond donors (Lipinski definition) is 0. The Morgan fingerprint density at radius 3 is 2.42 bits per heavy atom. The van der Waals surface area contributed by atoms with Crippen LogP contribution in [0.15, 0.2) is 42.5 Å². The van der Waals surface area contributed by atoms with Crippen LogP contribution in [0.4, 0.5) is 5.69 Å². The zero-order valence-corrected chi connectivity index (χ0v) is 11.4. The number of aryl methyl sites for hydroxylation is 1. The number of nitro groups is 1. The zero-order valence-electron chi connectivity index (χ0n) is 11.4. The highest BCUT2D eigenvalue weighted by Gasteiger charge is 2.12. The van der Waals surface area contributed by atoms with Crippen LogP contribution < -0.4 is 0 Å². The van der Waals surface area contributed by atoms with Gasteiger partial charge in [-0.05, 0) is 35.1 Å². The first kappa shape index (κ1) is 13.3. The molecule has 0 fully saturated rings. The molecule has 0 aliphatic rings. The molecule has 2 aromatic rings. The fourth-order valence-electron chi connectivity index (χ4n) is 2.29. The van der Waals surface area contributed by atoms with Crippen molar-refractivity contribution < 1.29 is 4.92 Å². The van der Waals surface area contributed by atoms with Gasteiger partial charge in [-0.25, -0.2) is 0 Å². The van der Waals surface area contributed by atoms with E-state index in [0.29, 0.717) is 5.92 Å². The van der Waals surface area contributed by atoms with Crippen LogP contribution >= 0.6 is 0 Å². The zero-order chi connectivity index (χ0) is 14.0. The van der Waals surface area contributed by atoms with Gasteiger partial charge in [0.25, 0.3) is 5.69 Å². The van der Waals surface area contributed by atoms with Gasteiger partial charge < -0.3 is 0 Å². The number of non-ortho nitro benzene ring substituents is 1. The Labute approximate surface area is 113 Å². The Balaban J connectivity index is 2.62. The van der Waals surface area contributed by atoms with Crippen LogP contribution in [0.25, 0.3) is 11.1 Å². The summed E-state index contributed by atoms with van der Waals surface area (Å²) in [7, 11) is 0. The van der Waals surface area contributed by atoms with E-state index in [2.05, 4.69) is 19.9 Å². The normalized spacial score (nSPS) is 10.7. The Morgan fingerprint density at radius 2 is 1.79 bits per heavy atom. The van der Waals surface area contributed by atoms with E-state index in [1.807, 2.05) is 31.2 Å². The largest absolute Gasteiger partial charge is 0.270 e. The molecule has 0 radical (unpaired) electrons. The van der Waals surface area contributed by atoms with E-state index in [4.69, 9.17) is 0 Å². The molecule has 19 heavy (non-hydrogen) atoms. The molecule has 0 spiro atoms. The van der Waals surface area contributed by atoms with Crippen LogP contribution in [-0.4, -0.2) is 4.92 Å². The quantitative estimate of drug-likeness (QED) is 0.589. The van der Waals surface area contributed by atoms with Gasteiger partial charge >= 0.3 is 0 Å². The number of rotatable bonds is 3. The highest BCUT2D eigenvalue weighted by Crippen LogP contribution is 2.31. The van der Waals surface area contributed by atoms with Gasteiger partial charge in [0.2, 0.25) is 0 Å².